The van der Waals surface area contributed by atoms with E-state index >= 15 is 0 Å². The maximum absolute atomic E-state index is 13.6. The second kappa shape index (κ2) is 5.03. The molecule has 0 aromatic carbocycles. The van der Waals surface area contributed by atoms with Gasteiger partial charge in [0.05, 0.1) is 17.8 Å². The van der Waals surface area contributed by atoms with Crippen LogP contribution < -0.4 is 4.90 Å². The van der Waals surface area contributed by atoms with Crippen LogP contribution in [0.1, 0.15) is 18.5 Å². The van der Waals surface area contributed by atoms with E-state index in [1.54, 1.807) is 6.07 Å². The molecule has 0 saturated carbocycles. The quantitative estimate of drug-likeness (QED) is 0.739. The third kappa shape index (κ3) is 2.95. The van der Waals surface area contributed by atoms with Crippen molar-refractivity contribution in [1.82, 2.24) is 4.98 Å². The summed E-state index contributed by atoms with van der Waals surface area (Å²) in [7, 11) is 0. The highest BCUT2D eigenvalue weighted by Crippen LogP contribution is 2.35. The molecule has 1 fully saturated rings. The van der Waals surface area contributed by atoms with Gasteiger partial charge in [0.1, 0.15) is 11.8 Å². The average molecular weight is 273 g/mol. The predicted molar refractivity (Wildman–Crippen MR) is 59.9 cm³/mol. The number of alkyl halides is 3. The predicted octanol–water partition coefficient (Wildman–Crippen LogP) is 2.87. The SMILES string of the molecule is N#Cc1cc(N2CCC(C(F)(F)F)CC2)c(F)cn1. The summed E-state index contributed by atoms with van der Waals surface area (Å²) < 4.78 is 51.2. The smallest absolute Gasteiger partial charge is 0.369 e. The molecule has 1 aliphatic rings. The van der Waals surface area contributed by atoms with Crippen LogP contribution in [0.2, 0.25) is 0 Å². The van der Waals surface area contributed by atoms with Crippen LogP contribution in [0.5, 0.6) is 0 Å². The molecule has 0 N–H and O–H groups in total. The molecule has 0 bridgehead atoms. The van der Waals surface area contributed by atoms with Gasteiger partial charge in [-0.05, 0) is 12.8 Å². The summed E-state index contributed by atoms with van der Waals surface area (Å²) in [6.07, 6.45) is -3.40. The fraction of sp³-hybridized carbons (Fsp3) is 0.500. The molecule has 3 nitrogen and oxygen atoms in total. The van der Waals surface area contributed by atoms with E-state index < -0.39 is 17.9 Å². The lowest BCUT2D eigenvalue weighted by atomic mass is 9.96. The van der Waals surface area contributed by atoms with Crippen molar-refractivity contribution in [3.8, 4) is 6.07 Å². The van der Waals surface area contributed by atoms with E-state index in [2.05, 4.69) is 4.98 Å². The highest BCUT2D eigenvalue weighted by Gasteiger charge is 2.41. The van der Waals surface area contributed by atoms with Gasteiger partial charge in [-0.2, -0.15) is 18.4 Å². The first-order valence-corrected chi connectivity index (χ1v) is 5.79. The van der Waals surface area contributed by atoms with Gasteiger partial charge < -0.3 is 4.90 Å². The summed E-state index contributed by atoms with van der Waals surface area (Å²) in [5, 5.41) is 8.70. The maximum atomic E-state index is 13.6. The van der Waals surface area contributed by atoms with Crippen molar-refractivity contribution in [1.29, 1.82) is 5.26 Å². The molecule has 0 amide bonds. The second-order valence-electron chi connectivity index (χ2n) is 4.44. The van der Waals surface area contributed by atoms with E-state index in [1.807, 2.05) is 0 Å². The first-order valence-electron chi connectivity index (χ1n) is 5.79. The Labute approximate surface area is 107 Å². The third-order valence-electron chi connectivity index (χ3n) is 3.25. The normalized spacial score (nSPS) is 17.3. The number of nitriles is 1. The van der Waals surface area contributed by atoms with Crippen molar-refractivity contribution in [3.63, 3.8) is 0 Å². The highest BCUT2D eigenvalue weighted by molar-refractivity contribution is 5.50. The number of anilines is 1. The minimum Gasteiger partial charge on any atom is -0.369 e. The molecule has 7 heteroatoms. The first-order chi connectivity index (χ1) is 8.91. The van der Waals surface area contributed by atoms with E-state index in [4.69, 9.17) is 5.26 Å². The number of piperidine rings is 1. The van der Waals surface area contributed by atoms with Crippen molar-refractivity contribution in [2.45, 2.75) is 19.0 Å². The number of hydrogen-bond acceptors (Lipinski definition) is 3. The number of pyridine rings is 1. The number of rotatable bonds is 1. The molecule has 2 heterocycles. The molecule has 1 aromatic rings. The van der Waals surface area contributed by atoms with Crippen LogP contribution in [-0.4, -0.2) is 24.2 Å². The molecular weight excluding hydrogens is 262 g/mol. The molecule has 0 atom stereocenters. The van der Waals surface area contributed by atoms with Crippen LogP contribution in [0.4, 0.5) is 23.2 Å². The standard InChI is InChI=1S/C12H11F4N3/c13-10-7-18-9(6-17)5-11(10)19-3-1-8(2-4-19)12(14,15)16/h5,7-8H,1-4H2. The van der Waals surface area contributed by atoms with Gasteiger partial charge in [-0.15, -0.1) is 0 Å². The topological polar surface area (TPSA) is 39.9 Å². The van der Waals surface area contributed by atoms with Crippen molar-refractivity contribution in [2.75, 3.05) is 18.0 Å². The van der Waals surface area contributed by atoms with E-state index in [0.717, 1.165) is 6.20 Å². The van der Waals surface area contributed by atoms with Crippen molar-refractivity contribution >= 4 is 5.69 Å². The molecule has 0 spiro atoms. The van der Waals surface area contributed by atoms with Gasteiger partial charge >= 0.3 is 6.18 Å². The zero-order valence-electron chi connectivity index (χ0n) is 9.91. The van der Waals surface area contributed by atoms with Gasteiger partial charge in [0.2, 0.25) is 0 Å². The Morgan fingerprint density at radius 2 is 1.95 bits per heavy atom. The molecule has 1 aromatic heterocycles. The van der Waals surface area contributed by atoms with Gasteiger partial charge in [-0.3, -0.25) is 0 Å². The Kier molecular flexibility index (Phi) is 3.60. The molecule has 19 heavy (non-hydrogen) atoms. The van der Waals surface area contributed by atoms with E-state index in [9.17, 15) is 17.6 Å². The van der Waals surface area contributed by atoms with Crippen molar-refractivity contribution in [3.05, 3.63) is 23.8 Å². The van der Waals surface area contributed by atoms with Crippen LogP contribution in [0.25, 0.3) is 0 Å². The van der Waals surface area contributed by atoms with Crippen LogP contribution in [0.15, 0.2) is 12.3 Å². The van der Waals surface area contributed by atoms with Crippen molar-refractivity contribution in [2.24, 2.45) is 5.92 Å². The highest BCUT2D eigenvalue weighted by atomic mass is 19.4. The fourth-order valence-electron chi connectivity index (χ4n) is 2.18. The number of aromatic nitrogens is 1. The molecule has 0 radical (unpaired) electrons. The molecule has 0 aliphatic carbocycles. The molecule has 102 valence electrons. The Morgan fingerprint density at radius 3 is 2.47 bits per heavy atom. The number of halogens is 4. The number of hydrogen-bond donors (Lipinski definition) is 0. The summed E-state index contributed by atoms with van der Waals surface area (Å²) in [5.41, 5.74) is 0.196. The maximum Gasteiger partial charge on any atom is 0.391 e. The van der Waals surface area contributed by atoms with Crippen LogP contribution in [0, 0.1) is 23.1 Å². The molecular formula is C12H11F4N3. The molecule has 1 saturated heterocycles. The van der Waals surface area contributed by atoms with Crippen molar-refractivity contribution < 1.29 is 17.6 Å². The van der Waals surface area contributed by atoms with Crippen LogP contribution >= 0.6 is 0 Å². The van der Waals surface area contributed by atoms with Gasteiger partial charge in [0.25, 0.3) is 0 Å². The monoisotopic (exact) mass is 273 g/mol. The molecule has 1 aliphatic heterocycles. The summed E-state index contributed by atoms with van der Waals surface area (Å²) >= 11 is 0. The fourth-order valence-corrected chi connectivity index (χ4v) is 2.18. The summed E-state index contributed by atoms with van der Waals surface area (Å²) in [6.45, 7) is 0.242. The minimum absolute atomic E-state index is 0.0503. The van der Waals surface area contributed by atoms with Gasteiger partial charge in [-0.1, -0.05) is 0 Å². The van der Waals surface area contributed by atoms with Gasteiger partial charge in [0, 0.05) is 19.2 Å². The van der Waals surface area contributed by atoms with Crippen LogP contribution in [-0.2, 0) is 0 Å². The summed E-state index contributed by atoms with van der Waals surface area (Å²) in [6, 6.07) is 3.05. The Hall–Kier alpha value is -1.84. The molecule has 0 unspecified atom stereocenters. The Bertz CT molecular complexity index is 499. The Morgan fingerprint density at radius 1 is 1.32 bits per heavy atom. The largest absolute Gasteiger partial charge is 0.391 e. The number of nitrogens with zero attached hydrogens (tertiary/aromatic N) is 3. The zero-order chi connectivity index (χ0) is 14.0. The zero-order valence-corrected chi connectivity index (χ0v) is 9.91. The van der Waals surface area contributed by atoms with Crippen LogP contribution in [0.3, 0.4) is 0 Å². The third-order valence-corrected chi connectivity index (χ3v) is 3.25. The summed E-state index contributed by atoms with van der Waals surface area (Å²) in [4.78, 5) is 5.09. The van der Waals surface area contributed by atoms with E-state index in [0.29, 0.717) is 0 Å². The van der Waals surface area contributed by atoms with E-state index in [1.165, 1.54) is 11.0 Å². The summed E-state index contributed by atoms with van der Waals surface area (Å²) in [5.74, 6) is -1.95. The Balaban J connectivity index is 2.12. The van der Waals surface area contributed by atoms with E-state index in [-0.39, 0.29) is 37.3 Å². The molecule has 2 rings (SSSR count). The lowest BCUT2D eigenvalue weighted by molar-refractivity contribution is -0.179. The lowest BCUT2D eigenvalue weighted by Crippen LogP contribution is -2.39. The van der Waals surface area contributed by atoms with Gasteiger partial charge in [0.15, 0.2) is 5.82 Å². The average Bonchev–Trinajstić information content (AvgIpc) is 2.38. The minimum atomic E-state index is -4.19. The lowest BCUT2D eigenvalue weighted by Gasteiger charge is -2.34. The first kappa shape index (κ1) is 13.6. The second-order valence-corrected chi connectivity index (χ2v) is 4.44. The van der Waals surface area contributed by atoms with Gasteiger partial charge in [-0.25, -0.2) is 9.37 Å².